The monoisotopic (exact) mass is 416 g/mol. The number of amides is 1. The predicted molar refractivity (Wildman–Crippen MR) is 117 cm³/mol. The summed E-state index contributed by atoms with van der Waals surface area (Å²) in [4.78, 5) is 32.6. The third kappa shape index (κ3) is 16.2. The Morgan fingerprint density at radius 3 is 2.21 bits per heavy atom. The number of hydrogen-bond acceptors (Lipinski definition) is 6. The number of hydrogen-bond donors (Lipinski definition) is 2. The fourth-order valence-electron chi connectivity index (χ4n) is 2.92. The number of aldehydes is 1. The summed E-state index contributed by atoms with van der Waals surface area (Å²) < 4.78 is 9.79. The van der Waals surface area contributed by atoms with Gasteiger partial charge < -0.3 is 24.9 Å². The highest BCUT2D eigenvalue weighted by Gasteiger charge is 2.27. The summed E-state index contributed by atoms with van der Waals surface area (Å²) in [6.45, 7) is 9.59. The average molecular weight is 417 g/mol. The summed E-state index contributed by atoms with van der Waals surface area (Å²) in [7, 11) is 3.60. The summed E-state index contributed by atoms with van der Waals surface area (Å²) in [6.07, 6.45) is 6.43. The fourth-order valence-corrected chi connectivity index (χ4v) is 2.92. The summed E-state index contributed by atoms with van der Waals surface area (Å²) in [6, 6.07) is 0.649. The zero-order valence-corrected chi connectivity index (χ0v) is 19.4. The maximum Gasteiger partial charge on any atom is 0.222 e. The van der Waals surface area contributed by atoms with E-state index in [1.807, 2.05) is 20.9 Å². The van der Waals surface area contributed by atoms with Crippen LogP contribution in [0.5, 0.6) is 0 Å². The summed E-state index contributed by atoms with van der Waals surface area (Å²) in [5.41, 5.74) is 0. The van der Waals surface area contributed by atoms with Crippen molar-refractivity contribution in [3.63, 3.8) is 0 Å². The van der Waals surface area contributed by atoms with E-state index in [2.05, 4.69) is 24.5 Å². The Kier molecular flexibility index (Phi) is 22.1. The van der Waals surface area contributed by atoms with Crippen LogP contribution in [-0.4, -0.2) is 64.5 Å². The Hall–Kier alpha value is -1.31. The van der Waals surface area contributed by atoms with Crippen LogP contribution >= 0.6 is 0 Å². The van der Waals surface area contributed by atoms with Gasteiger partial charge in [-0.1, -0.05) is 27.7 Å². The van der Waals surface area contributed by atoms with E-state index in [1.165, 1.54) is 12.8 Å². The minimum atomic E-state index is -0.176. The van der Waals surface area contributed by atoms with Crippen LogP contribution in [0.1, 0.15) is 66.2 Å². The van der Waals surface area contributed by atoms with E-state index in [0.717, 1.165) is 19.3 Å². The van der Waals surface area contributed by atoms with Crippen molar-refractivity contribution in [2.45, 2.75) is 72.3 Å². The molecule has 29 heavy (non-hydrogen) atoms. The van der Waals surface area contributed by atoms with Gasteiger partial charge in [0.2, 0.25) is 5.91 Å². The molecule has 1 aliphatic rings. The molecule has 0 saturated heterocycles. The molecular formula is C22H44N2O5. The molecule has 0 heterocycles. The van der Waals surface area contributed by atoms with Gasteiger partial charge in [-0.25, -0.2) is 0 Å². The average Bonchev–Trinajstić information content (AvgIpc) is 2.78. The predicted octanol–water partition coefficient (Wildman–Crippen LogP) is 2.76. The third-order valence-corrected chi connectivity index (χ3v) is 4.92. The first-order valence-electron chi connectivity index (χ1n) is 11.0. The summed E-state index contributed by atoms with van der Waals surface area (Å²) in [5.74, 6) is 0.951. The molecule has 0 radical (unpaired) electrons. The van der Waals surface area contributed by atoms with Gasteiger partial charge in [-0.15, -0.1) is 0 Å². The molecule has 7 heteroatoms. The molecule has 1 atom stereocenters. The molecule has 0 spiro atoms. The second-order valence-corrected chi connectivity index (χ2v) is 6.87. The minimum absolute atomic E-state index is 0.0664. The van der Waals surface area contributed by atoms with E-state index in [9.17, 15) is 14.4 Å². The van der Waals surface area contributed by atoms with Crippen molar-refractivity contribution in [1.82, 2.24) is 10.6 Å². The van der Waals surface area contributed by atoms with Crippen LogP contribution in [0.3, 0.4) is 0 Å². The van der Waals surface area contributed by atoms with Crippen molar-refractivity contribution >= 4 is 18.0 Å². The third-order valence-electron chi connectivity index (χ3n) is 4.92. The molecule has 1 rings (SSSR count). The Balaban J connectivity index is 0. The second kappa shape index (κ2) is 21.4. The number of Topliss-reactive ketones (excluding diaryl/α,β-unsaturated/α-hetero) is 1. The molecule has 1 amide bonds. The molecule has 1 aliphatic carbocycles. The normalized spacial score (nSPS) is 19.0. The zero-order chi connectivity index (χ0) is 22.5. The summed E-state index contributed by atoms with van der Waals surface area (Å²) in [5, 5.41) is 5.70. The number of carbonyl (C=O) groups excluding carboxylic acids is 3. The van der Waals surface area contributed by atoms with Gasteiger partial charge in [0, 0.05) is 31.4 Å². The Bertz CT molecular complexity index is 410. The molecule has 1 unspecified atom stereocenters. The molecule has 0 aromatic rings. The van der Waals surface area contributed by atoms with E-state index in [0.29, 0.717) is 43.8 Å². The SMILES string of the molecule is CC.CCC(C)C(=O)C1CCC(NC)CC1.COCCOCCC(=O)NCC=O. The van der Waals surface area contributed by atoms with Gasteiger partial charge in [0.25, 0.3) is 0 Å². The number of rotatable bonds is 12. The van der Waals surface area contributed by atoms with Crippen LogP contribution in [0, 0.1) is 11.8 Å². The molecule has 7 nitrogen and oxygen atoms in total. The topological polar surface area (TPSA) is 93.7 Å². The minimum Gasteiger partial charge on any atom is -0.382 e. The quantitative estimate of drug-likeness (QED) is 0.375. The van der Waals surface area contributed by atoms with Crippen LogP contribution in [0.2, 0.25) is 0 Å². The lowest BCUT2D eigenvalue weighted by atomic mass is 9.79. The molecule has 172 valence electrons. The van der Waals surface area contributed by atoms with E-state index in [-0.39, 0.29) is 24.8 Å². The van der Waals surface area contributed by atoms with Crippen molar-refractivity contribution < 1.29 is 23.9 Å². The van der Waals surface area contributed by atoms with Gasteiger partial charge in [0.15, 0.2) is 0 Å². The van der Waals surface area contributed by atoms with Gasteiger partial charge in [0.05, 0.1) is 26.4 Å². The number of methoxy groups -OCH3 is 1. The first kappa shape index (κ1) is 29.9. The van der Waals surface area contributed by atoms with Gasteiger partial charge in [-0.05, 0) is 39.2 Å². The van der Waals surface area contributed by atoms with Gasteiger partial charge >= 0.3 is 0 Å². The lowest BCUT2D eigenvalue weighted by molar-refractivity contribution is -0.127. The van der Waals surface area contributed by atoms with Crippen LogP contribution in [0.4, 0.5) is 0 Å². The van der Waals surface area contributed by atoms with Gasteiger partial charge in [0.1, 0.15) is 12.1 Å². The van der Waals surface area contributed by atoms with Crippen LogP contribution in [-0.2, 0) is 23.9 Å². The van der Waals surface area contributed by atoms with E-state index in [4.69, 9.17) is 9.47 Å². The van der Waals surface area contributed by atoms with E-state index >= 15 is 0 Å². The largest absolute Gasteiger partial charge is 0.382 e. The van der Waals surface area contributed by atoms with Crippen LogP contribution in [0.25, 0.3) is 0 Å². The second-order valence-electron chi connectivity index (χ2n) is 6.87. The Morgan fingerprint density at radius 1 is 1.10 bits per heavy atom. The zero-order valence-electron chi connectivity index (χ0n) is 19.4. The van der Waals surface area contributed by atoms with Crippen LogP contribution in [0.15, 0.2) is 0 Å². The molecule has 1 saturated carbocycles. The van der Waals surface area contributed by atoms with E-state index < -0.39 is 0 Å². The lowest BCUT2D eigenvalue weighted by Gasteiger charge is -2.28. The standard InChI is InChI=1S/C12H23NO.C8H15NO4.C2H6/c1-4-9(2)12(14)10-5-7-11(13-3)8-6-10;1-12-6-7-13-5-2-8(11)9-3-4-10;1-2/h9-11,13H,4-8H2,1-3H3;4H,2-3,5-7H2,1H3,(H,9,11);1-2H3. The van der Waals surface area contributed by atoms with Crippen molar-refractivity contribution in [2.24, 2.45) is 11.8 Å². The highest BCUT2D eigenvalue weighted by Crippen LogP contribution is 2.27. The summed E-state index contributed by atoms with van der Waals surface area (Å²) >= 11 is 0. The van der Waals surface area contributed by atoms with E-state index in [1.54, 1.807) is 7.11 Å². The number of ether oxygens (including phenoxy) is 2. The highest BCUT2D eigenvalue weighted by molar-refractivity contribution is 5.83. The van der Waals surface area contributed by atoms with Crippen molar-refractivity contribution in [2.75, 3.05) is 40.5 Å². The van der Waals surface area contributed by atoms with Crippen molar-refractivity contribution in [3.05, 3.63) is 0 Å². The highest BCUT2D eigenvalue weighted by atomic mass is 16.5. The Morgan fingerprint density at radius 2 is 1.72 bits per heavy atom. The molecule has 1 fully saturated rings. The fraction of sp³-hybridized carbons (Fsp3) is 0.864. The molecule has 2 N–H and O–H groups in total. The Labute approximate surface area is 177 Å². The van der Waals surface area contributed by atoms with Gasteiger partial charge in [-0.3, -0.25) is 9.59 Å². The molecule has 0 bridgehead atoms. The number of nitrogens with one attached hydrogen (secondary N) is 2. The smallest absolute Gasteiger partial charge is 0.222 e. The first-order chi connectivity index (χ1) is 14.0. The lowest BCUT2D eigenvalue weighted by Crippen LogP contribution is -2.33. The van der Waals surface area contributed by atoms with Gasteiger partial charge in [-0.2, -0.15) is 0 Å². The number of carbonyl (C=O) groups is 3. The molecule has 0 aliphatic heterocycles. The maximum atomic E-state index is 11.9. The van der Waals surface area contributed by atoms with Crippen molar-refractivity contribution in [1.29, 1.82) is 0 Å². The van der Waals surface area contributed by atoms with Crippen molar-refractivity contribution in [3.8, 4) is 0 Å². The molecule has 0 aromatic carbocycles. The molecular weight excluding hydrogens is 372 g/mol. The number of ketones is 1. The maximum absolute atomic E-state index is 11.9. The van der Waals surface area contributed by atoms with Crippen LogP contribution < -0.4 is 10.6 Å². The first-order valence-corrected chi connectivity index (χ1v) is 11.0. The molecule has 0 aromatic heterocycles.